The molecule has 0 spiro atoms. The number of hydrogen-bond donors (Lipinski definition) is 2. The normalized spacial score (nSPS) is 11.8. The van der Waals surface area contributed by atoms with Crippen LogP contribution in [-0.2, 0) is 24.9 Å². The molecule has 0 bridgehead atoms. The van der Waals surface area contributed by atoms with Gasteiger partial charge in [0.15, 0.2) is 11.2 Å². The Balaban J connectivity index is 2.01. The fourth-order valence-corrected chi connectivity index (χ4v) is 3.70. The second kappa shape index (κ2) is 11.0. The zero-order chi connectivity index (χ0) is 27.3. The lowest BCUT2D eigenvalue weighted by Crippen LogP contribution is -2.41. The molecule has 0 aliphatic heterocycles. The number of alkyl carbamates (subject to hydrolysis) is 1. The van der Waals surface area contributed by atoms with Gasteiger partial charge in [0.05, 0.1) is 24.7 Å². The number of benzene rings is 1. The van der Waals surface area contributed by atoms with Crippen LogP contribution in [0.1, 0.15) is 45.7 Å². The molecule has 11 heteroatoms. The van der Waals surface area contributed by atoms with Gasteiger partial charge in [-0.25, -0.2) is 9.59 Å². The maximum absolute atomic E-state index is 13.6. The minimum absolute atomic E-state index is 0.0601. The van der Waals surface area contributed by atoms with E-state index >= 15 is 0 Å². The summed E-state index contributed by atoms with van der Waals surface area (Å²) in [6.45, 7) is 9.20. The molecule has 0 radical (unpaired) electrons. The number of imidazole rings is 1. The van der Waals surface area contributed by atoms with Crippen molar-refractivity contribution in [3.05, 3.63) is 56.2 Å². The zero-order valence-electron chi connectivity index (χ0n) is 21.9. The van der Waals surface area contributed by atoms with E-state index in [4.69, 9.17) is 4.74 Å². The van der Waals surface area contributed by atoms with E-state index in [2.05, 4.69) is 33.5 Å². The van der Waals surface area contributed by atoms with E-state index in [1.807, 2.05) is 0 Å². The summed E-state index contributed by atoms with van der Waals surface area (Å²) in [5.41, 5.74) is -0.364. The van der Waals surface area contributed by atoms with Crippen molar-refractivity contribution >= 4 is 23.2 Å². The number of hydrogen-bond acceptors (Lipinski definition) is 7. The third-order valence-corrected chi connectivity index (χ3v) is 5.44. The summed E-state index contributed by atoms with van der Waals surface area (Å²) in [7, 11) is 1.54. The van der Waals surface area contributed by atoms with Gasteiger partial charge in [-0.1, -0.05) is 24.1 Å². The highest BCUT2D eigenvalue weighted by molar-refractivity contribution is 5.74. The van der Waals surface area contributed by atoms with E-state index in [9.17, 15) is 19.6 Å². The summed E-state index contributed by atoms with van der Waals surface area (Å²) in [4.78, 5) is 43.3. The third kappa shape index (κ3) is 6.19. The predicted molar refractivity (Wildman–Crippen MR) is 140 cm³/mol. The number of nitrogens with one attached hydrogen (secondary N) is 2. The van der Waals surface area contributed by atoms with Crippen molar-refractivity contribution in [2.75, 3.05) is 11.9 Å². The summed E-state index contributed by atoms with van der Waals surface area (Å²) in [6, 6.07) is 8.58. The molecule has 1 atom stereocenters. The lowest BCUT2D eigenvalue weighted by atomic mass is 10.1. The molecule has 2 heterocycles. The highest BCUT2D eigenvalue weighted by atomic mass is 16.6. The number of rotatable bonds is 7. The first-order valence-electron chi connectivity index (χ1n) is 11.8. The number of amides is 1. The molecule has 37 heavy (non-hydrogen) atoms. The van der Waals surface area contributed by atoms with Gasteiger partial charge in [0.2, 0.25) is 5.95 Å². The molecule has 11 nitrogen and oxygen atoms in total. The molecule has 0 aliphatic rings. The summed E-state index contributed by atoms with van der Waals surface area (Å²) >= 11 is 0. The zero-order valence-corrected chi connectivity index (χ0v) is 21.9. The Hall–Kier alpha value is -4.51. The molecule has 1 amide bonds. The number of ether oxygens (including phenoxy) is 1. The smallest absolute Gasteiger partial charge is 0.407 e. The predicted octanol–water partition coefficient (Wildman–Crippen LogP) is 2.17. The number of carbonyl (C=O) groups is 1. The highest BCUT2D eigenvalue weighted by Crippen LogP contribution is 2.16. The van der Waals surface area contributed by atoms with Crippen molar-refractivity contribution in [2.24, 2.45) is 7.05 Å². The number of anilines is 1. The monoisotopic (exact) mass is 505 g/mol. The van der Waals surface area contributed by atoms with Gasteiger partial charge in [0.1, 0.15) is 5.60 Å². The van der Waals surface area contributed by atoms with Gasteiger partial charge in [-0.05, 0) is 46.2 Å². The Morgan fingerprint density at radius 2 is 1.92 bits per heavy atom. The van der Waals surface area contributed by atoms with Crippen molar-refractivity contribution in [3.8, 4) is 17.9 Å². The van der Waals surface area contributed by atoms with Crippen molar-refractivity contribution in [1.82, 2.24) is 24.0 Å². The molecule has 0 aliphatic carbocycles. The van der Waals surface area contributed by atoms with Gasteiger partial charge in [-0.3, -0.25) is 18.5 Å². The van der Waals surface area contributed by atoms with Gasteiger partial charge < -0.3 is 15.4 Å². The van der Waals surface area contributed by atoms with Crippen molar-refractivity contribution in [3.63, 3.8) is 0 Å². The van der Waals surface area contributed by atoms with E-state index in [-0.39, 0.29) is 36.8 Å². The van der Waals surface area contributed by atoms with Gasteiger partial charge in [-0.2, -0.15) is 10.2 Å². The second-order valence-electron chi connectivity index (χ2n) is 9.55. The third-order valence-electron chi connectivity index (χ3n) is 5.44. The highest BCUT2D eigenvalue weighted by Gasteiger charge is 2.22. The van der Waals surface area contributed by atoms with Crippen LogP contribution in [-0.4, -0.2) is 43.0 Å². The molecule has 3 rings (SSSR count). The van der Waals surface area contributed by atoms with E-state index in [1.165, 1.54) is 11.6 Å². The minimum Gasteiger partial charge on any atom is -0.444 e. The van der Waals surface area contributed by atoms with Gasteiger partial charge in [-0.15, -0.1) is 5.92 Å². The summed E-state index contributed by atoms with van der Waals surface area (Å²) in [6.07, 6.45) is -0.546. The summed E-state index contributed by atoms with van der Waals surface area (Å²) < 4.78 is 9.29. The molecule has 194 valence electrons. The lowest BCUT2D eigenvalue weighted by molar-refractivity contribution is 0.0511. The quantitative estimate of drug-likeness (QED) is 0.470. The van der Waals surface area contributed by atoms with Crippen LogP contribution in [0.3, 0.4) is 0 Å². The standard InChI is InChI=1S/C26H31N7O4/c1-7-8-13-32-20-21(30-23(32)28-15-17(2)29-24(35)37-26(3,4)5)31(6)25(36)33(22(20)34)16-19-12-10-9-11-18(19)14-27/h9-12,17H,13,15-16H2,1-6H3,(H,28,30)(H,29,35)/t17-/m0/s1. The van der Waals surface area contributed by atoms with E-state index < -0.39 is 22.9 Å². The molecular formula is C26H31N7O4. The van der Waals surface area contributed by atoms with Crippen LogP contribution in [0, 0.1) is 23.2 Å². The minimum atomic E-state index is -0.623. The second-order valence-corrected chi connectivity index (χ2v) is 9.55. The van der Waals surface area contributed by atoms with Crippen LogP contribution in [0.25, 0.3) is 11.2 Å². The molecule has 0 saturated carbocycles. The Kier molecular flexibility index (Phi) is 8.08. The Morgan fingerprint density at radius 3 is 2.57 bits per heavy atom. The van der Waals surface area contributed by atoms with Crippen LogP contribution in [0.15, 0.2) is 33.9 Å². The van der Waals surface area contributed by atoms with Crippen LogP contribution >= 0.6 is 0 Å². The molecule has 2 aromatic heterocycles. The average molecular weight is 506 g/mol. The van der Waals surface area contributed by atoms with Gasteiger partial charge >= 0.3 is 11.8 Å². The lowest BCUT2D eigenvalue weighted by Gasteiger charge is -2.22. The first-order valence-corrected chi connectivity index (χ1v) is 11.8. The van der Waals surface area contributed by atoms with Crippen molar-refractivity contribution in [1.29, 1.82) is 5.26 Å². The number of nitriles is 1. The van der Waals surface area contributed by atoms with Crippen LogP contribution in [0.5, 0.6) is 0 Å². The van der Waals surface area contributed by atoms with Gasteiger partial charge in [0, 0.05) is 19.6 Å². The fourth-order valence-electron chi connectivity index (χ4n) is 3.70. The molecule has 0 fully saturated rings. The fraction of sp³-hybridized carbons (Fsp3) is 0.423. The van der Waals surface area contributed by atoms with Crippen LogP contribution in [0.2, 0.25) is 0 Å². The Bertz CT molecular complexity index is 1540. The largest absolute Gasteiger partial charge is 0.444 e. The van der Waals surface area contributed by atoms with Crippen molar-refractivity contribution in [2.45, 2.75) is 59.4 Å². The molecular weight excluding hydrogens is 474 g/mol. The first kappa shape index (κ1) is 27.1. The number of carbonyl (C=O) groups excluding carboxylic acids is 1. The topological polar surface area (TPSA) is 136 Å². The van der Waals surface area contributed by atoms with E-state index in [0.717, 1.165) is 4.57 Å². The van der Waals surface area contributed by atoms with Crippen LogP contribution < -0.4 is 21.9 Å². The summed E-state index contributed by atoms with van der Waals surface area (Å²) in [5, 5.41) is 15.3. The summed E-state index contributed by atoms with van der Waals surface area (Å²) in [5.74, 6) is 6.09. The van der Waals surface area contributed by atoms with Gasteiger partial charge in [0.25, 0.3) is 5.56 Å². The molecule has 1 aromatic carbocycles. The molecule has 3 aromatic rings. The van der Waals surface area contributed by atoms with E-state index in [1.54, 1.807) is 63.5 Å². The number of nitrogens with zero attached hydrogens (tertiary/aromatic N) is 5. The van der Waals surface area contributed by atoms with Crippen molar-refractivity contribution < 1.29 is 9.53 Å². The molecule has 0 saturated heterocycles. The average Bonchev–Trinajstić information content (AvgIpc) is 3.20. The van der Waals surface area contributed by atoms with Crippen LogP contribution in [0.4, 0.5) is 10.7 Å². The molecule has 0 unspecified atom stereocenters. The maximum Gasteiger partial charge on any atom is 0.407 e. The molecule has 2 N–H and O–H groups in total. The Labute approximate surface area is 214 Å². The Morgan fingerprint density at radius 1 is 1.22 bits per heavy atom. The maximum atomic E-state index is 13.6. The number of aromatic nitrogens is 4. The number of fused-ring (bicyclic) bond motifs is 1. The number of aryl methyl sites for hydroxylation is 1. The SMILES string of the molecule is CC#CCn1c(NC[C@H](C)NC(=O)OC(C)(C)C)nc2c1c(=O)n(Cc1ccccc1C#N)c(=O)n2C. The van der Waals surface area contributed by atoms with E-state index in [0.29, 0.717) is 17.1 Å². The first-order chi connectivity index (χ1) is 17.5.